The molecule has 0 spiro atoms. The summed E-state index contributed by atoms with van der Waals surface area (Å²) in [6.45, 7) is 3.17. The van der Waals surface area contributed by atoms with E-state index in [0.717, 1.165) is 25.3 Å². The first-order valence-corrected chi connectivity index (χ1v) is 11.2. The summed E-state index contributed by atoms with van der Waals surface area (Å²) in [6, 6.07) is 8.28. The number of ether oxygens (including phenoxy) is 2. The van der Waals surface area contributed by atoms with Gasteiger partial charge in [-0.2, -0.15) is 25.9 Å². The van der Waals surface area contributed by atoms with E-state index in [9.17, 15) is 31.2 Å². The van der Waals surface area contributed by atoms with Crippen LogP contribution in [0.2, 0.25) is 0 Å². The highest BCUT2D eigenvalue weighted by Gasteiger charge is 2.53. The van der Waals surface area contributed by atoms with Crippen molar-refractivity contribution in [3.8, 4) is 11.8 Å². The summed E-state index contributed by atoms with van der Waals surface area (Å²) in [5.41, 5.74) is -6.72. The maximum atomic E-state index is 13.6. The molecule has 2 aromatic carbocycles. The lowest BCUT2D eigenvalue weighted by Crippen LogP contribution is -2.45. The van der Waals surface area contributed by atoms with Crippen molar-refractivity contribution in [3.63, 3.8) is 0 Å². The average molecular weight is 509 g/mol. The lowest BCUT2D eigenvalue weighted by Gasteiger charge is -2.25. The number of carbonyl (C=O) groups is 2. The summed E-state index contributed by atoms with van der Waals surface area (Å²) >= 11 is 0. The molecular weight excluding hydrogens is 491 g/mol. The molecule has 13 heteroatoms. The zero-order chi connectivity index (χ0) is 26.0. The van der Waals surface area contributed by atoms with Crippen LogP contribution in [0.3, 0.4) is 0 Å². The number of benzene rings is 2. The lowest BCUT2D eigenvalue weighted by atomic mass is 10.1. The SMILES string of the molecule is COC(=O)c1cc(Oc2ncccn2)ccc1N(C(=O)c1cc(C)cc(C)c1)S(=O)(=O)C(F)(F)F. The summed E-state index contributed by atoms with van der Waals surface area (Å²) in [5.74, 6) is -2.85. The lowest BCUT2D eigenvalue weighted by molar-refractivity contribution is -0.0437. The number of sulfonamides is 1. The van der Waals surface area contributed by atoms with Gasteiger partial charge in [0.05, 0.1) is 18.4 Å². The van der Waals surface area contributed by atoms with E-state index in [1.807, 2.05) is 0 Å². The van der Waals surface area contributed by atoms with Gasteiger partial charge in [-0.15, -0.1) is 0 Å². The zero-order valence-electron chi connectivity index (χ0n) is 18.5. The molecule has 1 aromatic heterocycles. The van der Waals surface area contributed by atoms with Gasteiger partial charge in [0.2, 0.25) is 0 Å². The Bertz CT molecular complexity index is 1360. The fraction of sp³-hybridized carbons (Fsp3) is 0.182. The fourth-order valence-corrected chi connectivity index (χ4v) is 4.09. The monoisotopic (exact) mass is 509 g/mol. The largest absolute Gasteiger partial charge is 0.517 e. The molecule has 0 unspecified atom stereocenters. The van der Waals surface area contributed by atoms with Crippen LogP contribution in [0.25, 0.3) is 0 Å². The van der Waals surface area contributed by atoms with Gasteiger partial charge in [0.25, 0.3) is 5.91 Å². The van der Waals surface area contributed by atoms with Crippen molar-refractivity contribution in [2.24, 2.45) is 0 Å². The highest BCUT2D eigenvalue weighted by molar-refractivity contribution is 7.94. The predicted octanol–water partition coefficient (Wildman–Crippen LogP) is 4.17. The van der Waals surface area contributed by atoms with E-state index in [1.165, 1.54) is 30.6 Å². The van der Waals surface area contributed by atoms with Crippen molar-refractivity contribution in [1.29, 1.82) is 0 Å². The molecule has 0 aliphatic rings. The van der Waals surface area contributed by atoms with Gasteiger partial charge in [0, 0.05) is 18.0 Å². The quantitative estimate of drug-likeness (QED) is 0.455. The summed E-state index contributed by atoms with van der Waals surface area (Å²) in [4.78, 5) is 33.3. The van der Waals surface area contributed by atoms with Crippen LogP contribution >= 0.6 is 0 Å². The van der Waals surface area contributed by atoms with Gasteiger partial charge in [-0.1, -0.05) is 17.2 Å². The third kappa shape index (κ3) is 5.40. The van der Waals surface area contributed by atoms with Gasteiger partial charge in [0.1, 0.15) is 5.75 Å². The van der Waals surface area contributed by atoms with E-state index in [-0.39, 0.29) is 17.3 Å². The van der Waals surface area contributed by atoms with Crippen molar-refractivity contribution < 1.29 is 40.7 Å². The van der Waals surface area contributed by atoms with Crippen molar-refractivity contribution in [2.75, 3.05) is 11.4 Å². The number of methoxy groups -OCH3 is 1. The second kappa shape index (κ2) is 9.70. The zero-order valence-corrected chi connectivity index (χ0v) is 19.3. The number of esters is 1. The van der Waals surface area contributed by atoms with Crippen LogP contribution in [0, 0.1) is 13.8 Å². The van der Waals surface area contributed by atoms with Crippen LogP contribution < -0.4 is 9.04 Å². The number of aryl methyl sites for hydroxylation is 2. The third-order valence-corrected chi connectivity index (χ3v) is 5.96. The number of alkyl halides is 3. The van der Waals surface area contributed by atoms with Gasteiger partial charge in [-0.05, 0) is 50.2 Å². The Hall–Kier alpha value is -4.00. The first-order valence-electron chi connectivity index (χ1n) is 9.76. The second-order valence-corrected chi connectivity index (χ2v) is 8.98. The minimum atomic E-state index is -6.29. The van der Waals surface area contributed by atoms with Crippen molar-refractivity contribution in [2.45, 2.75) is 19.4 Å². The van der Waals surface area contributed by atoms with Crippen molar-refractivity contribution >= 4 is 27.6 Å². The summed E-state index contributed by atoms with van der Waals surface area (Å²) in [5, 5.41) is 0. The molecule has 9 nitrogen and oxygen atoms in total. The second-order valence-electron chi connectivity index (χ2n) is 7.20. The molecule has 0 atom stereocenters. The molecule has 184 valence electrons. The summed E-state index contributed by atoms with van der Waals surface area (Å²) in [6.07, 6.45) is 2.72. The highest BCUT2D eigenvalue weighted by atomic mass is 32.2. The van der Waals surface area contributed by atoms with Crippen LogP contribution in [0.15, 0.2) is 54.9 Å². The maximum Gasteiger partial charge on any atom is 0.517 e. The Morgan fingerprint density at radius 1 is 0.971 bits per heavy atom. The predicted molar refractivity (Wildman–Crippen MR) is 118 cm³/mol. The summed E-state index contributed by atoms with van der Waals surface area (Å²) < 4.78 is 75.6. The molecule has 0 fully saturated rings. The maximum absolute atomic E-state index is 13.6. The minimum absolute atomic E-state index is 0.122. The normalized spacial score (nSPS) is 11.6. The standard InChI is InChI=1S/C22H18F3N3O6S/c1-13-9-14(2)11-15(10-13)19(29)28(35(31,32)22(23,24)25)18-6-5-16(12-17(18)20(30)33-3)34-21-26-7-4-8-27-21/h4-12H,1-3H3. The first kappa shape index (κ1) is 25.6. The number of carbonyl (C=O) groups excluding carboxylic acids is 2. The van der Waals surface area contributed by atoms with E-state index in [1.54, 1.807) is 19.9 Å². The minimum Gasteiger partial charge on any atom is -0.465 e. The molecule has 0 aliphatic heterocycles. The molecule has 3 aromatic rings. The molecule has 0 bridgehead atoms. The third-order valence-electron chi connectivity index (χ3n) is 4.53. The Morgan fingerprint density at radius 3 is 2.11 bits per heavy atom. The van der Waals surface area contributed by atoms with Gasteiger partial charge >= 0.3 is 27.5 Å². The van der Waals surface area contributed by atoms with E-state index in [4.69, 9.17) is 4.74 Å². The fourth-order valence-electron chi connectivity index (χ4n) is 3.14. The topological polar surface area (TPSA) is 116 Å². The molecule has 0 aliphatic carbocycles. The van der Waals surface area contributed by atoms with Crippen molar-refractivity contribution in [1.82, 2.24) is 9.97 Å². The smallest absolute Gasteiger partial charge is 0.465 e. The number of nitrogens with zero attached hydrogens (tertiary/aromatic N) is 3. The highest BCUT2D eigenvalue weighted by Crippen LogP contribution is 2.36. The molecule has 1 amide bonds. The first-order chi connectivity index (χ1) is 16.3. The van der Waals surface area contributed by atoms with Gasteiger partial charge in [-0.25, -0.2) is 14.8 Å². The molecule has 3 rings (SSSR count). The van der Waals surface area contributed by atoms with Crippen molar-refractivity contribution in [3.05, 3.63) is 77.1 Å². The van der Waals surface area contributed by atoms with Crippen LogP contribution in [-0.2, 0) is 14.8 Å². The molecule has 0 saturated carbocycles. The Kier molecular flexibility index (Phi) is 7.10. The Labute approximate surface area is 198 Å². The van der Waals surface area contributed by atoms with E-state index in [2.05, 4.69) is 14.7 Å². The number of halogens is 3. The van der Waals surface area contributed by atoms with Crippen LogP contribution in [0.1, 0.15) is 31.8 Å². The van der Waals surface area contributed by atoms with Crippen LogP contribution in [0.4, 0.5) is 18.9 Å². The number of amides is 1. The van der Waals surface area contributed by atoms with Gasteiger partial charge in [0.15, 0.2) is 0 Å². The number of aromatic nitrogens is 2. The number of anilines is 1. The molecule has 0 N–H and O–H groups in total. The van der Waals surface area contributed by atoms with Crippen LogP contribution in [0.5, 0.6) is 11.8 Å². The summed E-state index contributed by atoms with van der Waals surface area (Å²) in [7, 11) is -5.35. The molecule has 1 heterocycles. The molecule has 0 radical (unpaired) electrons. The van der Waals surface area contributed by atoms with E-state index in [0.29, 0.717) is 11.1 Å². The molecule has 0 saturated heterocycles. The van der Waals surface area contributed by atoms with Gasteiger partial charge < -0.3 is 9.47 Å². The Morgan fingerprint density at radius 2 is 1.57 bits per heavy atom. The molecular formula is C22H18F3N3O6S. The Balaban J connectivity index is 2.23. The van der Waals surface area contributed by atoms with E-state index < -0.39 is 43.0 Å². The number of rotatable bonds is 6. The average Bonchev–Trinajstić information content (AvgIpc) is 2.78. The van der Waals surface area contributed by atoms with Crippen LogP contribution in [-0.4, -0.2) is 42.9 Å². The van der Waals surface area contributed by atoms with Gasteiger partial charge in [-0.3, -0.25) is 4.79 Å². The molecule has 35 heavy (non-hydrogen) atoms. The number of hydrogen-bond donors (Lipinski definition) is 0. The van der Waals surface area contributed by atoms with E-state index >= 15 is 0 Å². The number of hydrogen-bond acceptors (Lipinski definition) is 8.